The van der Waals surface area contributed by atoms with Crippen molar-refractivity contribution in [1.29, 1.82) is 0 Å². The van der Waals surface area contributed by atoms with Crippen LogP contribution in [0.1, 0.15) is 12.8 Å². The largest absolute Gasteiger partial charge is 0.364 e. The first kappa shape index (κ1) is 13.4. The van der Waals surface area contributed by atoms with Gasteiger partial charge in [-0.2, -0.15) is 0 Å². The van der Waals surface area contributed by atoms with E-state index in [1.165, 1.54) is 14.2 Å². The molecule has 0 aromatic heterocycles. The summed E-state index contributed by atoms with van der Waals surface area (Å²) in [5.74, 6) is -0.130. The quantitative estimate of drug-likeness (QED) is 0.587. The van der Waals surface area contributed by atoms with E-state index in [-0.39, 0.29) is 18.1 Å². The number of nitrogens with one attached hydrogen (secondary N) is 1. The molecule has 6 heteroatoms. The van der Waals surface area contributed by atoms with Gasteiger partial charge in [-0.25, -0.2) is 0 Å². The van der Waals surface area contributed by atoms with Gasteiger partial charge in [0.25, 0.3) is 0 Å². The first-order valence-corrected chi connectivity index (χ1v) is 5.40. The molecule has 1 fully saturated rings. The summed E-state index contributed by atoms with van der Waals surface area (Å²) >= 11 is 0. The highest BCUT2D eigenvalue weighted by atomic mass is 16.7. The number of methoxy groups -OCH3 is 2. The van der Waals surface area contributed by atoms with Gasteiger partial charge in [0, 0.05) is 20.8 Å². The van der Waals surface area contributed by atoms with E-state index in [9.17, 15) is 4.79 Å². The maximum atomic E-state index is 11.7. The van der Waals surface area contributed by atoms with Gasteiger partial charge in [0.05, 0.1) is 12.6 Å². The second kappa shape index (κ2) is 6.80. The van der Waals surface area contributed by atoms with Crippen molar-refractivity contribution < 1.29 is 19.0 Å². The zero-order valence-corrected chi connectivity index (χ0v) is 9.77. The molecule has 2 atom stereocenters. The molecule has 0 saturated carbocycles. The fourth-order valence-corrected chi connectivity index (χ4v) is 1.63. The standard InChI is InChI=1S/C10H20N2O4/c1-14-9(15-2)6-12-10(13)8-4-3-7(5-11)16-8/h7-9H,3-6,11H2,1-2H3,(H,12,13). The van der Waals surface area contributed by atoms with Gasteiger partial charge in [0.2, 0.25) is 5.91 Å². The van der Waals surface area contributed by atoms with Crippen LogP contribution in [0.25, 0.3) is 0 Å². The zero-order chi connectivity index (χ0) is 12.0. The first-order chi connectivity index (χ1) is 7.71. The molecule has 3 N–H and O–H groups in total. The molecular weight excluding hydrogens is 212 g/mol. The van der Waals surface area contributed by atoms with Crippen molar-refractivity contribution in [2.24, 2.45) is 5.73 Å². The summed E-state index contributed by atoms with van der Waals surface area (Å²) in [6.07, 6.45) is 0.764. The fourth-order valence-electron chi connectivity index (χ4n) is 1.63. The van der Waals surface area contributed by atoms with Gasteiger partial charge < -0.3 is 25.3 Å². The molecule has 0 aliphatic carbocycles. The molecule has 2 unspecified atom stereocenters. The van der Waals surface area contributed by atoms with Crippen molar-refractivity contribution in [3.8, 4) is 0 Å². The lowest BCUT2D eigenvalue weighted by Crippen LogP contribution is -2.40. The molecule has 1 saturated heterocycles. The van der Waals surface area contributed by atoms with Crippen LogP contribution in [0.2, 0.25) is 0 Å². The Balaban J connectivity index is 2.25. The predicted molar refractivity (Wildman–Crippen MR) is 57.8 cm³/mol. The Morgan fingerprint density at radius 1 is 1.50 bits per heavy atom. The molecule has 0 aromatic rings. The van der Waals surface area contributed by atoms with E-state index in [1.54, 1.807) is 0 Å². The van der Waals surface area contributed by atoms with E-state index < -0.39 is 6.29 Å². The number of rotatable bonds is 6. The summed E-state index contributed by atoms with van der Waals surface area (Å²) in [4.78, 5) is 11.7. The molecule has 6 nitrogen and oxygen atoms in total. The van der Waals surface area contributed by atoms with Gasteiger partial charge in [0.15, 0.2) is 6.29 Å². The van der Waals surface area contributed by atoms with Gasteiger partial charge in [-0.3, -0.25) is 4.79 Å². The molecule has 1 aliphatic heterocycles. The SMILES string of the molecule is COC(CNC(=O)C1CCC(CN)O1)OC. The summed E-state index contributed by atoms with van der Waals surface area (Å²) in [5.41, 5.74) is 5.46. The average Bonchev–Trinajstić information content (AvgIpc) is 2.78. The van der Waals surface area contributed by atoms with Gasteiger partial charge in [-0.05, 0) is 12.8 Å². The Bertz CT molecular complexity index is 221. The predicted octanol–water partition coefficient (Wildman–Crippen LogP) is -0.772. The summed E-state index contributed by atoms with van der Waals surface area (Å²) in [7, 11) is 3.05. The van der Waals surface area contributed by atoms with Crippen molar-refractivity contribution in [3.63, 3.8) is 0 Å². The summed E-state index contributed by atoms with van der Waals surface area (Å²) < 4.78 is 15.4. The number of carbonyl (C=O) groups is 1. The topological polar surface area (TPSA) is 82.8 Å². The molecule has 1 heterocycles. The van der Waals surface area contributed by atoms with Crippen molar-refractivity contribution in [1.82, 2.24) is 5.32 Å². The summed E-state index contributed by atoms with van der Waals surface area (Å²) in [6, 6.07) is 0. The molecule has 16 heavy (non-hydrogen) atoms. The van der Waals surface area contributed by atoms with E-state index in [1.807, 2.05) is 0 Å². The van der Waals surface area contributed by atoms with Crippen LogP contribution in [-0.4, -0.2) is 51.7 Å². The van der Waals surface area contributed by atoms with Gasteiger partial charge >= 0.3 is 0 Å². The first-order valence-electron chi connectivity index (χ1n) is 5.40. The molecule has 0 aromatic carbocycles. The number of amides is 1. The zero-order valence-electron chi connectivity index (χ0n) is 9.77. The summed E-state index contributed by atoms with van der Waals surface area (Å²) in [6.45, 7) is 0.779. The Morgan fingerprint density at radius 2 is 2.19 bits per heavy atom. The Morgan fingerprint density at radius 3 is 2.69 bits per heavy atom. The third-order valence-electron chi connectivity index (χ3n) is 2.63. The molecule has 1 aliphatic rings. The van der Waals surface area contributed by atoms with Crippen molar-refractivity contribution in [2.75, 3.05) is 27.3 Å². The third-order valence-corrected chi connectivity index (χ3v) is 2.63. The van der Waals surface area contributed by atoms with E-state index in [0.717, 1.165) is 12.8 Å². The molecule has 0 bridgehead atoms. The van der Waals surface area contributed by atoms with E-state index in [4.69, 9.17) is 19.9 Å². The number of hydrogen-bond acceptors (Lipinski definition) is 5. The van der Waals surface area contributed by atoms with Crippen LogP contribution in [0.3, 0.4) is 0 Å². The molecule has 0 spiro atoms. The second-order valence-electron chi connectivity index (χ2n) is 3.71. The lowest BCUT2D eigenvalue weighted by Gasteiger charge is -2.16. The molecule has 1 amide bonds. The molecule has 1 rings (SSSR count). The van der Waals surface area contributed by atoms with Gasteiger partial charge in [-0.1, -0.05) is 0 Å². The smallest absolute Gasteiger partial charge is 0.249 e. The third kappa shape index (κ3) is 3.71. The minimum atomic E-state index is -0.421. The van der Waals surface area contributed by atoms with Crippen LogP contribution in [0.5, 0.6) is 0 Å². The van der Waals surface area contributed by atoms with Crippen LogP contribution in [0.15, 0.2) is 0 Å². The lowest BCUT2D eigenvalue weighted by molar-refractivity contribution is -0.137. The second-order valence-corrected chi connectivity index (χ2v) is 3.71. The van der Waals surface area contributed by atoms with Crippen LogP contribution in [-0.2, 0) is 19.0 Å². The highest BCUT2D eigenvalue weighted by Gasteiger charge is 2.29. The van der Waals surface area contributed by atoms with E-state index >= 15 is 0 Å². The van der Waals surface area contributed by atoms with E-state index in [2.05, 4.69) is 5.32 Å². The average molecular weight is 232 g/mol. The van der Waals surface area contributed by atoms with Crippen molar-refractivity contribution in [3.05, 3.63) is 0 Å². The monoisotopic (exact) mass is 232 g/mol. The number of nitrogens with two attached hydrogens (primary N) is 1. The molecule has 0 radical (unpaired) electrons. The van der Waals surface area contributed by atoms with Gasteiger partial charge in [0.1, 0.15) is 6.10 Å². The Kier molecular flexibility index (Phi) is 5.68. The van der Waals surface area contributed by atoms with Crippen LogP contribution in [0, 0.1) is 0 Å². The summed E-state index contributed by atoms with van der Waals surface area (Å²) in [5, 5.41) is 2.72. The maximum Gasteiger partial charge on any atom is 0.249 e. The number of carbonyl (C=O) groups excluding carboxylic acids is 1. The maximum absolute atomic E-state index is 11.7. The van der Waals surface area contributed by atoms with Crippen molar-refractivity contribution >= 4 is 5.91 Å². The van der Waals surface area contributed by atoms with Crippen LogP contribution >= 0.6 is 0 Å². The van der Waals surface area contributed by atoms with Gasteiger partial charge in [-0.15, -0.1) is 0 Å². The van der Waals surface area contributed by atoms with Crippen molar-refractivity contribution in [2.45, 2.75) is 31.3 Å². The molecule has 94 valence electrons. The normalized spacial score (nSPS) is 25.0. The number of hydrogen-bond donors (Lipinski definition) is 2. The van der Waals surface area contributed by atoms with Crippen LogP contribution < -0.4 is 11.1 Å². The lowest BCUT2D eigenvalue weighted by atomic mass is 10.2. The highest BCUT2D eigenvalue weighted by Crippen LogP contribution is 2.18. The minimum absolute atomic E-state index is 0.0106. The van der Waals surface area contributed by atoms with E-state index in [0.29, 0.717) is 13.1 Å². The Labute approximate surface area is 95.4 Å². The molecular formula is C10H20N2O4. The highest BCUT2D eigenvalue weighted by molar-refractivity contribution is 5.81. The fraction of sp³-hybridized carbons (Fsp3) is 0.900. The van der Waals surface area contributed by atoms with Crippen LogP contribution in [0.4, 0.5) is 0 Å². The minimum Gasteiger partial charge on any atom is -0.364 e. The Hall–Kier alpha value is -0.690. The number of ether oxygens (including phenoxy) is 3.